The fourth-order valence-electron chi connectivity index (χ4n) is 5.52. The molecule has 0 bridgehead atoms. The monoisotopic (exact) mass is 425 g/mol. The van der Waals surface area contributed by atoms with Crippen LogP contribution in [0.2, 0.25) is 0 Å². The summed E-state index contributed by atoms with van der Waals surface area (Å²) in [5.41, 5.74) is 2.27. The number of hydrogen-bond acceptors (Lipinski definition) is 7. The van der Waals surface area contributed by atoms with Crippen LogP contribution in [-0.4, -0.2) is 46.8 Å². The van der Waals surface area contributed by atoms with Gasteiger partial charge in [0.05, 0.1) is 17.1 Å². The summed E-state index contributed by atoms with van der Waals surface area (Å²) in [6.07, 6.45) is 1.52. The highest BCUT2D eigenvalue weighted by molar-refractivity contribution is 6.22. The number of Topliss-reactive ketones (excluding diaryl/α,β-unsaturated/α-hetero) is 3. The first-order valence-electron chi connectivity index (χ1n) is 10.6. The van der Waals surface area contributed by atoms with Gasteiger partial charge in [-0.25, -0.2) is 0 Å². The van der Waals surface area contributed by atoms with Crippen molar-refractivity contribution >= 4 is 23.0 Å². The average Bonchev–Trinajstić information content (AvgIpc) is 2.66. The molecule has 31 heavy (non-hydrogen) atoms. The van der Waals surface area contributed by atoms with Gasteiger partial charge in [0.15, 0.2) is 17.3 Å². The number of ketones is 3. The first-order valence-corrected chi connectivity index (χ1v) is 10.6. The fraction of sp³-hybridized carbons (Fsp3) is 0.458. The van der Waals surface area contributed by atoms with Gasteiger partial charge in [-0.05, 0) is 55.2 Å². The highest BCUT2D eigenvalue weighted by Crippen LogP contribution is 2.51. The van der Waals surface area contributed by atoms with E-state index in [0.717, 1.165) is 11.3 Å². The van der Waals surface area contributed by atoms with Crippen molar-refractivity contribution in [3.63, 3.8) is 0 Å². The van der Waals surface area contributed by atoms with Gasteiger partial charge in [-0.3, -0.25) is 14.4 Å². The van der Waals surface area contributed by atoms with E-state index in [9.17, 15) is 29.7 Å². The van der Waals surface area contributed by atoms with Crippen LogP contribution in [0.1, 0.15) is 48.2 Å². The molecule has 0 heterocycles. The molecule has 0 saturated heterocycles. The topological polar surface area (TPSA) is 115 Å². The summed E-state index contributed by atoms with van der Waals surface area (Å²) in [6.45, 7) is 3.09. The van der Waals surface area contributed by atoms with Crippen molar-refractivity contribution in [3.05, 3.63) is 45.4 Å². The molecule has 0 fully saturated rings. The maximum atomic E-state index is 13.6. The predicted octanol–water partition coefficient (Wildman–Crippen LogP) is 3.20. The minimum atomic E-state index is -1.02. The Morgan fingerprint density at radius 1 is 1.16 bits per heavy atom. The second-order valence-electron chi connectivity index (χ2n) is 8.95. The summed E-state index contributed by atoms with van der Waals surface area (Å²) in [4.78, 5) is 40.3. The molecule has 3 unspecified atom stereocenters. The molecule has 7 heteroatoms. The molecule has 4 rings (SSSR count). The lowest BCUT2D eigenvalue weighted by Gasteiger charge is -2.41. The van der Waals surface area contributed by atoms with Gasteiger partial charge in [-0.2, -0.15) is 0 Å². The SMILES string of the molecule is CCc1cc(N(C)C)c2c(c1O)C(=O)C1=C(O)C3C(=O)C(C(C)=O)=C(O)CC3CC1C2. The number of phenols is 1. The smallest absolute Gasteiger partial charge is 0.196 e. The Hall–Kier alpha value is -3.09. The molecule has 7 nitrogen and oxygen atoms in total. The summed E-state index contributed by atoms with van der Waals surface area (Å²) >= 11 is 0. The molecule has 0 saturated carbocycles. The Bertz CT molecular complexity index is 1090. The van der Waals surface area contributed by atoms with E-state index >= 15 is 0 Å². The number of aryl methyl sites for hydroxylation is 1. The number of rotatable bonds is 3. The van der Waals surface area contributed by atoms with E-state index in [1.807, 2.05) is 32.0 Å². The molecule has 3 aliphatic rings. The molecule has 0 aromatic heterocycles. The summed E-state index contributed by atoms with van der Waals surface area (Å²) in [7, 11) is 3.75. The molecule has 3 aliphatic carbocycles. The summed E-state index contributed by atoms with van der Waals surface area (Å²) in [5, 5.41) is 32.2. The van der Waals surface area contributed by atoms with E-state index in [-0.39, 0.29) is 52.2 Å². The molecular formula is C24H27NO6. The molecular weight excluding hydrogens is 398 g/mol. The van der Waals surface area contributed by atoms with E-state index in [0.29, 0.717) is 24.8 Å². The Kier molecular flexibility index (Phi) is 4.95. The number of aliphatic hydroxyl groups is 2. The molecule has 0 spiro atoms. The highest BCUT2D eigenvalue weighted by Gasteiger charge is 2.50. The number of nitrogens with zero attached hydrogens (tertiary/aromatic N) is 1. The number of aliphatic hydroxyl groups excluding tert-OH is 2. The number of aromatic hydroxyl groups is 1. The normalized spacial score (nSPS) is 25.2. The number of hydrogen-bond donors (Lipinski definition) is 3. The van der Waals surface area contributed by atoms with Crippen LogP contribution in [0.4, 0.5) is 5.69 Å². The van der Waals surface area contributed by atoms with Gasteiger partial charge in [0, 0.05) is 31.8 Å². The van der Waals surface area contributed by atoms with Crippen molar-refractivity contribution in [3.8, 4) is 5.75 Å². The van der Waals surface area contributed by atoms with E-state index in [1.165, 1.54) is 6.92 Å². The van der Waals surface area contributed by atoms with Crippen molar-refractivity contribution in [2.24, 2.45) is 17.8 Å². The predicted molar refractivity (Wildman–Crippen MR) is 115 cm³/mol. The third-order valence-corrected chi connectivity index (χ3v) is 6.91. The fourth-order valence-corrected chi connectivity index (χ4v) is 5.52. The van der Waals surface area contributed by atoms with Crippen molar-refractivity contribution in [2.45, 2.75) is 39.5 Å². The molecule has 3 N–H and O–H groups in total. The summed E-state index contributed by atoms with van der Waals surface area (Å²) in [6, 6.07) is 1.89. The van der Waals surface area contributed by atoms with Crippen LogP contribution >= 0.6 is 0 Å². The molecule has 164 valence electrons. The Morgan fingerprint density at radius 3 is 2.42 bits per heavy atom. The quantitative estimate of drug-likeness (QED) is 0.637. The zero-order valence-corrected chi connectivity index (χ0v) is 18.2. The van der Waals surface area contributed by atoms with Gasteiger partial charge in [0.1, 0.15) is 17.3 Å². The van der Waals surface area contributed by atoms with Crippen LogP contribution in [0.15, 0.2) is 28.7 Å². The number of carbonyl (C=O) groups excluding carboxylic acids is 3. The van der Waals surface area contributed by atoms with Gasteiger partial charge in [-0.15, -0.1) is 0 Å². The van der Waals surface area contributed by atoms with Crippen molar-refractivity contribution in [2.75, 3.05) is 19.0 Å². The van der Waals surface area contributed by atoms with Crippen molar-refractivity contribution < 1.29 is 29.7 Å². The highest BCUT2D eigenvalue weighted by atomic mass is 16.3. The largest absolute Gasteiger partial charge is 0.511 e. The first kappa shape index (κ1) is 21.2. The van der Waals surface area contributed by atoms with Gasteiger partial charge < -0.3 is 20.2 Å². The van der Waals surface area contributed by atoms with Crippen molar-refractivity contribution in [1.29, 1.82) is 0 Å². The second kappa shape index (κ2) is 7.25. The molecule has 0 aliphatic heterocycles. The third-order valence-electron chi connectivity index (χ3n) is 6.91. The second-order valence-corrected chi connectivity index (χ2v) is 8.95. The lowest BCUT2D eigenvalue weighted by molar-refractivity contribution is -0.125. The van der Waals surface area contributed by atoms with E-state index in [4.69, 9.17) is 0 Å². The lowest BCUT2D eigenvalue weighted by Crippen LogP contribution is -2.42. The van der Waals surface area contributed by atoms with E-state index < -0.39 is 23.3 Å². The third kappa shape index (κ3) is 2.98. The average molecular weight is 425 g/mol. The van der Waals surface area contributed by atoms with Crippen LogP contribution in [0.3, 0.4) is 0 Å². The number of anilines is 1. The summed E-state index contributed by atoms with van der Waals surface area (Å²) in [5.74, 6) is -4.02. The van der Waals surface area contributed by atoms with Crippen LogP contribution in [0.25, 0.3) is 0 Å². The lowest BCUT2D eigenvalue weighted by atomic mass is 9.62. The zero-order valence-electron chi connectivity index (χ0n) is 18.2. The number of allylic oxidation sites excluding steroid dienone is 4. The number of phenolic OH excluding ortho intramolecular Hbond substituents is 1. The van der Waals surface area contributed by atoms with Crippen LogP contribution in [0.5, 0.6) is 5.75 Å². The maximum absolute atomic E-state index is 13.6. The van der Waals surface area contributed by atoms with Gasteiger partial charge in [0.2, 0.25) is 0 Å². The van der Waals surface area contributed by atoms with Crippen molar-refractivity contribution in [1.82, 2.24) is 0 Å². The number of benzene rings is 1. The molecule has 0 radical (unpaired) electrons. The standard InChI is InChI=1S/C24H27NO6/c1-5-11-8-15(25(3)4)14-7-12-6-13-9-16(27)17(10(2)26)22(29)19(13)23(30)18(12)24(31)20(14)21(11)28/h8,12-13,19,27-28,30H,5-7,9H2,1-4H3. The number of fused-ring (bicyclic) bond motifs is 3. The van der Waals surface area contributed by atoms with E-state index in [1.54, 1.807) is 0 Å². The van der Waals surface area contributed by atoms with Crippen LogP contribution in [0, 0.1) is 17.8 Å². The first-order chi connectivity index (χ1) is 14.6. The van der Waals surface area contributed by atoms with Crippen LogP contribution in [-0.2, 0) is 22.4 Å². The van der Waals surface area contributed by atoms with Gasteiger partial charge in [0.25, 0.3) is 0 Å². The number of carbonyl (C=O) groups is 3. The summed E-state index contributed by atoms with van der Waals surface area (Å²) < 4.78 is 0. The zero-order chi connectivity index (χ0) is 22.8. The van der Waals surface area contributed by atoms with E-state index in [2.05, 4.69) is 0 Å². The van der Waals surface area contributed by atoms with Gasteiger partial charge in [-0.1, -0.05) is 6.92 Å². The molecule has 1 aromatic rings. The van der Waals surface area contributed by atoms with Gasteiger partial charge >= 0.3 is 0 Å². The Labute approximate surface area is 180 Å². The molecule has 0 amide bonds. The van der Waals surface area contributed by atoms with Crippen LogP contribution < -0.4 is 4.90 Å². The molecule has 3 atom stereocenters. The minimum absolute atomic E-state index is 0.0779. The Balaban J connectivity index is 1.89. The maximum Gasteiger partial charge on any atom is 0.196 e. The minimum Gasteiger partial charge on any atom is -0.511 e. The Morgan fingerprint density at radius 2 is 1.84 bits per heavy atom. The molecule has 1 aromatic carbocycles.